The van der Waals surface area contributed by atoms with Crippen molar-refractivity contribution in [2.75, 3.05) is 5.32 Å². The van der Waals surface area contributed by atoms with E-state index >= 15 is 0 Å². The highest BCUT2D eigenvalue weighted by Gasteiger charge is 2.18. The topological polar surface area (TPSA) is 85.6 Å². The van der Waals surface area contributed by atoms with Crippen molar-refractivity contribution < 1.29 is 4.79 Å². The van der Waals surface area contributed by atoms with Gasteiger partial charge < -0.3 is 0 Å². The molecule has 0 atom stereocenters. The largest absolute Gasteiger partial charge is 0.297 e. The van der Waals surface area contributed by atoms with E-state index in [0.29, 0.717) is 27.5 Å². The molecule has 0 aliphatic heterocycles. The van der Waals surface area contributed by atoms with E-state index in [4.69, 9.17) is 11.6 Å². The van der Waals surface area contributed by atoms with Gasteiger partial charge in [0.15, 0.2) is 5.82 Å². The number of carbonyl (C=O) groups excluding carboxylic acids is 1. The van der Waals surface area contributed by atoms with Crippen LogP contribution < -0.4 is 5.32 Å². The smallest absolute Gasteiger partial charge is 0.294 e. The summed E-state index contributed by atoms with van der Waals surface area (Å²) < 4.78 is 5.80. The van der Waals surface area contributed by atoms with Gasteiger partial charge in [0.25, 0.3) is 5.91 Å². The van der Waals surface area contributed by atoms with Crippen molar-refractivity contribution in [3.63, 3.8) is 0 Å². The minimum absolute atomic E-state index is 0.0314. The molecule has 0 spiro atoms. The molecule has 27 heavy (non-hydrogen) atoms. The Morgan fingerprint density at radius 1 is 1.07 bits per heavy atom. The first-order chi connectivity index (χ1) is 13.1. The molecule has 0 aliphatic carbocycles. The van der Waals surface area contributed by atoms with Crippen molar-refractivity contribution >= 4 is 34.2 Å². The van der Waals surface area contributed by atoms with Crippen LogP contribution >= 0.6 is 23.1 Å². The van der Waals surface area contributed by atoms with Gasteiger partial charge in [0, 0.05) is 17.1 Å². The van der Waals surface area contributed by atoms with Crippen LogP contribution in [0, 0.1) is 6.92 Å². The molecule has 0 fully saturated rings. The van der Waals surface area contributed by atoms with Gasteiger partial charge in [-0.1, -0.05) is 54.1 Å². The van der Waals surface area contributed by atoms with Crippen molar-refractivity contribution in [3.05, 3.63) is 71.3 Å². The molecular formula is C18H13ClN6OS. The molecule has 2 heterocycles. The maximum Gasteiger partial charge on any atom is 0.297 e. The minimum atomic E-state index is -0.459. The van der Waals surface area contributed by atoms with Gasteiger partial charge in [-0.05, 0) is 19.1 Å². The Morgan fingerprint density at radius 3 is 2.59 bits per heavy atom. The third-order valence-corrected chi connectivity index (χ3v) is 4.68. The number of hydrogen-bond donors (Lipinski definition) is 1. The predicted octanol–water partition coefficient (Wildman–Crippen LogP) is 4.00. The van der Waals surface area contributed by atoms with Gasteiger partial charge in [-0.3, -0.25) is 10.1 Å². The lowest BCUT2D eigenvalue weighted by Gasteiger charge is -2.04. The molecule has 1 amide bonds. The molecule has 0 saturated carbocycles. The highest BCUT2D eigenvalue weighted by atomic mass is 35.5. The van der Waals surface area contributed by atoms with Gasteiger partial charge in [-0.15, -0.1) is 5.10 Å². The zero-order chi connectivity index (χ0) is 18.8. The van der Waals surface area contributed by atoms with Crippen molar-refractivity contribution in [2.24, 2.45) is 0 Å². The molecule has 7 nitrogen and oxygen atoms in total. The number of anilines is 1. The van der Waals surface area contributed by atoms with Gasteiger partial charge in [0.1, 0.15) is 5.82 Å². The maximum atomic E-state index is 12.5. The molecule has 9 heteroatoms. The molecule has 0 radical (unpaired) electrons. The monoisotopic (exact) mass is 396 g/mol. The Morgan fingerprint density at radius 2 is 1.81 bits per heavy atom. The third kappa shape index (κ3) is 3.57. The molecule has 0 unspecified atom stereocenters. The van der Waals surface area contributed by atoms with Crippen LogP contribution in [0.3, 0.4) is 0 Å². The first kappa shape index (κ1) is 17.3. The van der Waals surface area contributed by atoms with E-state index in [1.54, 1.807) is 13.0 Å². The van der Waals surface area contributed by atoms with E-state index < -0.39 is 5.91 Å². The Bertz CT molecular complexity index is 1110. The van der Waals surface area contributed by atoms with Gasteiger partial charge in [-0.2, -0.15) is 9.36 Å². The SMILES string of the molecule is Cc1nc(C(=O)Nc2nc(-c3ccccc3)ns2)nn1-c1ccccc1Cl. The summed E-state index contributed by atoms with van der Waals surface area (Å²) in [6.45, 7) is 1.76. The lowest BCUT2D eigenvalue weighted by atomic mass is 10.2. The van der Waals surface area contributed by atoms with Crippen molar-refractivity contribution in [3.8, 4) is 17.1 Å². The molecule has 0 bridgehead atoms. The number of nitrogens with zero attached hydrogens (tertiary/aromatic N) is 5. The lowest BCUT2D eigenvalue weighted by molar-refractivity contribution is 0.101. The molecule has 4 aromatic rings. The Balaban J connectivity index is 1.55. The van der Waals surface area contributed by atoms with Crippen LogP contribution in [0.5, 0.6) is 0 Å². The molecular weight excluding hydrogens is 384 g/mol. The Hall–Kier alpha value is -3.10. The second-order valence-corrected chi connectivity index (χ2v) is 6.75. The summed E-state index contributed by atoms with van der Waals surface area (Å²) in [6.07, 6.45) is 0. The first-order valence-electron chi connectivity index (χ1n) is 8.01. The van der Waals surface area contributed by atoms with E-state index in [1.165, 1.54) is 4.68 Å². The average Bonchev–Trinajstić information content (AvgIpc) is 3.30. The highest BCUT2D eigenvalue weighted by molar-refractivity contribution is 7.10. The number of hydrogen-bond acceptors (Lipinski definition) is 6. The van der Waals surface area contributed by atoms with E-state index in [-0.39, 0.29) is 5.82 Å². The van der Waals surface area contributed by atoms with Crippen LogP contribution in [-0.2, 0) is 0 Å². The molecule has 1 N–H and O–H groups in total. The molecule has 0 aliphatic rings. The summed E-state index contributed by atoms with van der Waals surface area (Å²) in [6, 6.07) is 16.8. The number of para-hydroxylation sites is 1. The second-order valence-electron chi connectivity index (χ2n) is 5.59. The number of amides is 1. The minimum Gasteiger partial charge on any atom is -0.294 e. The Labute approximate surface area is 163 Å². The van der Waals surface area contributed by atoms with Crippen molar-refractivity contribution in [1.82, 2.24) is 24.1 Å². The second kappa shape index (κ2) is 7.26. The summed E-state index contributed by atoms with van der Waals surface area (Å²) >= 11 is 7.31. The van der Waals surface area contributed by atoms with Gasteiger partial charge in [0.2, 0.25) is 11.0 Å². The molecule has 2 aromatic carbocycles. The fourth-order valence-electron chi connectivity index (χ4n) is 2.47. The number of nitrogens with one attached hydrogen (secondary N) is 1. The summed E-state index contributed by atoms with van der Waals surface area (Å²) in [5.41, 5.74) is 1.54. The van der Waals surface area contributed by atoms with Crippen LogP contribution in [0.1, 0.15) is 16.4 Å². The average molecular weight is 397 g/mol. The summed E-state index contributed by atoms with van der Waals surface area (Å²) in [5.74, 6) is 0.681. The third-order valence-electron chi connectivity index (χ3n) is 3.73. The lowest BCUT2D eigenvalue weighted by Crippen LogP contribution is -2.14. The predicted molar refractivity (Wildman–Crippen MR) is 104 cm³/mol. The number of benzene rings is 2. The number of aryl methyl sites for hydroxylation is 1. The molecule has 2 aromatic heterocycles. The molecule has 4 rings (SSSR count). The van der Waals surface area contributed by atoms with Crippen LogP contribution in [-0.4, -0.2) is 30.0 Å². The number of carbonyl (C=O) groups is 1. The zero-order valence-electron chi connectivity index (χ0n) is 14.1. The molecule has 134 valence electrons. The summed E-state index contributed by atoms with van der Waals surface area (Å²) in [7, 11) is 0. The van der Waals surface area contributed by atoms with Crippen molar-refractivity contribution in [1.29, 1.82) is 0 Å². The Kier molecular flexibility index (Phi) is 4.66. The standard InChI is InChI=1S/C18H13ClN6OS/c1-11-20-16(23-25(11)14-10-6-5-9-13(14)19)17(26)22-18-21-15(24-27-18)12-7-3-2-4-8-12/h2-10H,1H3,(H,21,22,24,26). The summed E-state index contributed by atoms with van der Waals surface area (Å²) in [5, 5.41) is 7.86. The number of halogens is 1. The fourth-order valence-corrected chi connectivity index (χ4v) is 3.27. The fraction of sp³-hybridized carbons (Fsp3) is 0.0556. The van der Waals surface area contributed by atoms with E-state index in [2.05, 4.69) is 24.8 Å². The summed E-state index contributed by atoms with van der Waals surface area (Å²) in [4.78, 5) is 21.1. The van der Waals surface area contributed by atoms with E-state index in [9.17, 15) is 4.79 Å². The van der Waals surface area contributed by atoms with Crippen molar-refractivity contribution in [2.45, 2.75) is 6.92 Å². The van der Waals surface area contributed by atoms with Crippen LogP contribution in [0.25, 0.3) is 17.1 Å². The first-order valence-corrected chi connectivity index (χ1v) is 9.16. The van der Waals surface area contributed by atoms with E-state index in [0.717, 1.165) is 17.1 Å². The van der Waals surface area contributed by atoms with E-state index in [1.807, 2.05) is 48.5 Å². The van der Waals surface area contributed by atoms with Gasteiger partial charge in [-0.25, -0.2) is 9.67 Å². The van der Waals surface area contributed by atoms with Crippen LogP contribution in [0.2, 0.25) is 5.02 Å². The highest BCUT2D eigenvalue weighted by Crippen LogP contribution is 2.22. The number of rotatable bonds is 4. The number of aromatic nitrogens is 5. The van der Waals surface area contributed by atoms with Gasteiger partial charge >= 0.3 is 0 Å². The normalized spacial score (nSPS) is 10.7. The van der Waals surface area contributed by atoms with Gasteiger partial charge in [0.05, 0.1) is 10.7 Å². The zero-order valence-corrected chi connectivity index (χ0v) is 15.7. The molecule has 0 saturated heterocycles. The maximum absolute atomic E-state index is 12.5. The van der Waals surface area contributed by atoms with Crippen LogP contribution in [0.15, 0.2) is 54.6 Å². The quantitative estimate of drug-likeness (QED) is 0.563. The van der Waals surface area contributed by atoms with Crippen LogP contribution in [0.4, 0.5) is 5.13 Å².